The summed E-state index contributed by atoms with van der Waals surface area (Å²) in [6.45, 7) is 7.40. The summed E-state index contributed by atoms with van der Waals surface area (Å²) < 4.78 is 0. The van der Waals surface area contributed by atoms with E-state index < -0.39 is 0 Å². The molecule has 0 aromatic heterocycles. The van der Waals surface area contributed by atoms with Crippen molar-refractivity contribution in [1.29, 1.82) is 0 Å². The van der Waals surface area contributed by atoms with Crippen molar-refractivity contribution in [3.63, 3.8) is 0 Å². The third-order valence-corrected chi connectivity index (χ3v) is 1.90. The van der Waals surface area contributed by atoms with Crippen LogP contribution in [0.25, 0.3) is 0 Å². The zero-order valence-electron chi connectivity index (χ0n) is 8.35. The van der Waals surface area contributed by atoms with Crippen LogP contribution in [0.4, 0.5) is 5.69 Å². The fraction of sp³-hybridized carbons (Fsp3) is 0.0833. The predicted octanol–water partition coefficient (Wildman–Crippen LogP) is 2.85. The molecule has 0 aliphatic carbocycles. The van der Waals surface area contributed by atoms with Crippen LogP contribution in [0.1, 0.15) is 0 Å². The number of aliphatic imine (C=N–C) groups is 1. The number of para-hydroxylation sites is 1. The van der Waals surface area contributed by atoms with E-state index in [1.165, 1.54) is 6.20 Å². The summed E-state index contributed by atoms with van der Waals surface area (Å²) in [5, 5.41) is 0. The maximum absolute atomic E-state index is 3.92. The lowest BCUT2D eigenvalue weighted by Crippen LogP contribution is -2.15. The van der Waals surface area contributed by atoms with Gasteiger partial charge in [-0.1, -0.05) is 31.4 Å². The summed E-state index contributed by atoms with van der Waals surface area (Å²) in [5.74, 6) is 0. The molecule has 0 aliphatic rings. The minimum atomic E-state index is 0.830. The number of hydrogen-bond donors (Lipinski definition) is 0. The lowest BCUT2D eigenvalue weighted by atomic mass is 10.3. The summed E-state index contributed by atoms with van der Waals surface area (Å²) in [6, 6.07) is 10.0. The third-order valence-electron chi connectivity index (χ3n) is 1.90. The van der Waals surface area contributed by atoms with Crippen LogP contribution in [0.15, 0.2) is 60.4 Å². The van der Waals surface area contributed by atoms with E-state index in [1.807, 2.05) is 42.3 Å². The van der Waals surface area contributed by atoms with Gasteiger partial charge in [0.1, 0.15) is 0 Å². The summed E-state index contributed by atoms with van der Waals surface area (Å²) in [7, 11) is 1.95. The Morgan fingerprint density at radius 3 is 2.57 bits per heavy atom. The Labute approximate surface area is 84.9 Å². The van der Waals surface area contributed by atoms with Crippen LogP contribution in [0, 0.1) is 0 Å². The summed E-state index contributed by atoms with van der Waals surface area (Å²) in [5.41, 5.74) is 1.92. The fourth-order valence-corrected chi connectivity index (χ4v) is 1.04. The lowest BCUT2D eigenvalue weighted by molar-refractivity contribution is 1.17. The molecule has 0 saturated carbocycles. The van der Waals surface area contributed by atoms with Crippen LogP contribution in [0.2, 0.25) is 0 Å². The Morgan fingerprint density at radius 1 is 1.36 bits per heavy atom. The molecule has 0 radical (unpaired) electrons. The highest BCUT2D eigenvalue weighted by molar-refractivity contribution is 5.83. The molecule has 0 atom stereocenters. The first-order chi connectivity index (χ1) is 6.75. The molecule has 1 aromatic carbocycles. The van der Waals surface area contributed by atoms with Crippen LogP contribution in [0.5, 0.6) is 0 Å². The van der Waals surface area contributed by atoms with Crippen molar-refractivity contribution < 1.29 is 0 Å². The summed E-state index contributed by atoms with van der Waals surface area (Å²) in [4.78, 5) is 5.88. The number of rotatable bonds is 4. The monoisotopic (exact) mass is 186 g/mol. The molecular formula is C12H14N2. The van der Waals surface area contributed by atoms with E-state index in [2.05, 4.69) is 18.2 Å². The molecule has 0 heterocycles. The quantitative estimate of drug-likeness (QED) is 0.660. The Hall–Kier alpha value is -1.83. The first kappa shape index (κ1) is 10.3. The third kappa shape index (κ3) is 2.59. The Morgan fingerprint density at radius 2 is 2.00 bits per heavy atom. The van der Waals surface area contributed by atoms with Gasteiger partial charge >= 0.3 is 0 Å². The van der Waals surface area contributed by atoms with E-state index in [0.717, 1.165) is 11.4 Å². The average molecular weight is 186 g/mol. The van der Waals surface area contributed by atoms with Crippen molar-refractivity contribution in [2.24, 2.45) is 4.99 Å². The number of nitrogens with zero attached hydrogens (tertiary/aromatic N) is 2. The van der Waals surface area contributed by atoms with Gasteiger partial charge in [-0.15, -0.1) is 0 Å². The van der Waals surface area contributed by atoms with Crippen molar-refractivity contribution in [3.8, 4) is 0 Å². The second-order valence-corrected chi connectivity index (χ2v) is 2.85. The second-order valence-electron chi connectivity index (χ2n) is 2.85. The van der Waals surface area contributed by atoms with E-state index in [0.29, 0.717) is 0 Å². The highest BCUT2D eigenvalue weighted by Gasteiger charge is 2.00. The minimum Gasteiger partial charge on any atom is -0.344 e. The van der Waals surface area contributed by atoms with Crippen molar-refractivity contribution >= 4 is 11.9 Å². The highest BCUT2D eigenvalue weighted by Crippen LogP contribution is 2.14. The molecule has 0 unspecified atom stereocenters. The zero-order chi connectivity index (χ0) is 10.4. The fourth-order valence-electron chi connectivity index (χ4n) is 1.04. The second kappa shape index (κ2) is 5.02. The number of anilines is 1. The maximum atomic E-state index is 3.92. The molecule has 0 fully saturated rings. The number of hydrogen-bond acceptors (Lipinski definition) is 2. The first-order valence-electron chi connectivity index (χ1n) is 4.37. The molecule has 1 rings (SSSR count). The first-order valence-corrected chi connectivity index (χ1v) is 4.37. The number of allylic oxidation sites excluding steroid dienone is 1. The summed E-state index contributed by atoms with van der Waals surface area (Å²) in [6.07, 6.45) is 3.17. The Balaban J connectivity index is 2.75. The molecule has 0 spiro atoms. The lowest BCUT2D eigenvalue weighted by Gasteiger charge is -2.18. The van der Waals surface area contributed by atoms with Crippen molar-refractivity contribution in [2.45, 2.75) is 0 Å². The Bertz CT molecular complexity index is 339. The van der Waals surface area contributed by atoms with Gasteiger partial charge in [0, 0.05) is 25.1 Å². The molecule has 0 saturated heterocycles. The van der Waals surface area contributed by atoms with Crippen LogP contribution in [-0.2, 0) is 0 Å². The van der Waals surface area contributed by atoms with E-state index >= 15 is 0 Å². The molecule has 0 bridgehead atoms. The van der Waals surface area contributed by atoms with Crippen LogP contribution >= 0.6 is 0 Å². The van der Waals surface area contributed by atoms with Gasteiger partial charge in [-0.05, 0) is 12.1 Å². The molecular weight excluding hydrogens is 172 g/mol. The van der Waals surface area contributed by atoms with Crippen molar-refractivity contribution in [1.82, 2.24) is 0 Å². The highest BCUT2D eigenvalue weighted by atomic mass is 15.1. The van der Waals surface area contributed by atoms with Gasteiger partial charge in [-0.3, -0.25) is 4.99 Å². The van der Waals surface area contributed by atoms with Gasteiger partial charge in [-0.2, -0.15) is 0 Å². The van der Waals surface area contributed by atoms with Gasteiger partial charge in [0.2, 0.25) is 0 Å². The van der Waals surface area contributed by atoms with Gasteiger partial charge in [-0.25, -0.2) is 0 Å². The molecule has 72 valence electrons. The molecule has 0 N–H and O–H groups in total. The van der Waals surface area contributed by atoms with E-state index in [9.17, 15) is 0 Å². The van der Waals surface area contributed by atoms with Gasteiger partial charge in [0.05, 0.1) is 5.70 Å². The molecule has 2 heteroatoms. The topological polar surface area (TPSA) is 15.6 Å². The zero-order valence-corrected chi connectivity index (χ0v) is 8.35. The normalized spacial score (nSPS) is 10.1. The Kier molecular flexibility index (Phi) is 3.68. The van der Waals surface area contributed by atoms with Gasteiger partial charge in [0.25, 0.3) is 0 Å². The van der Waals surface area contributed by atoms with E-state index in [-0.39, 0.29) is 0 Å². The smallest absolute Gasteiger partial charge is 0.0521 e. The SMILES string of the molecule is C=C/N=C\C(=C)N(C)c1ccccc1. The maximum Gasteiger partial charge on any atom is 0.0521 e. The predicted molar refractivity (Wildman–Crippen MR) is 62.7 cm³/mol. The van der Waals surface area contributed by atoms with Gasteiger partial charge < -0.3 is 4.90 Å². The summed E-state index contributed by atoms with van der Waals surface area (Å²) >= 11 is 0. The standard InChI is InChI=1S/C12H14N2/c1-4-13-10-11(2)14(3)12-8-6-5-7-9-12/h4-10H,1-2H2,3H3/b13-10-. The van der Waals surface area contributed by atoms with Crippen molar-refractivity contribution in [2.75, 3.05) is 11.9 Å². The molecule has 0 aliphatic heterocycles. The van der Waals surface area contributed by atoms with Crippen LogP contribution < -0.4 is 4.90 Å². The van der Waals surface area contributed by atoms with Crippen molar-refractivity contribution in [3.05, 3.63) is 55.4 Å². The van der Waals surface area contributed by atoms with E-state index in [4.69, 9.17) is 0 Å². The molecule has 14 heavy (non-hydrogen) atoms. The molecule has 0 amide bonds. The molecule has 2 nitrogen and oxygen atoms in total. The van der Waals surface area contributed by atoms with Crippen LogP contribution in [0.3, 0.4) is 0 Å². The minimum absolute atomic E-state index is 0.830. The average Bonchev–Trinajstić information content (AvgIpc) is 2.26. The largest absolute Gasteiger partial charge is 0.344 e. The van der Waals surface area contributed by atoms with E-state index in [1.54, 1.807) is 6.21 Å². The number of benzene rings is 1. The van der Waals surface area contributed by atoms with Crippen LogP contribution in [-0.4, -0.2) is 13.3 Å². The molecule has 1 aromatic rings. The van der Waals surface area contributed by atoms with Gasteiger partial charge in [0.15, 0.2) is 0 Å².